The van der Waals surface area contributed by atoms with E-state index in [1.165, 1.54) is 32.1 Å². The van der Waals surface area contributed by atoms with Crippen LogP contribution in [0.15, 0.2) is 24.3 Å². The summed E-state index contributed by atoms with van der Waals surface area (Å²) in [6, 6.07) is 0. The van der Waals surface area contributed by atoms with Gasteiger partial charge in [0.2, 0.25) is 0 Å². The van der Waals surface area contributed by atoms with Crippen LogP contribution >= 0.6 is 0 Å². The van der Waals surface area contributed by atoms with Gasteiger partial charge in [-0.05, 0) is 38.0 Å². The largest absolute Gasteiger partial charge is 0.389 e. The average molecular weight is 249 g/mol. The van der Waals surface area contributed by atoms with Gasteiger partial charge in [-0.3, -0.25) is 0 Å². The normalized spacial score (nSPS) is 29.1. The van der Waals surface area contributed by atoms with Gasteiger partial charge in [0, 0.05) is 6.61 Å². The molecule has 1 heterocycles. The summed E-state index contributed by atoms with van der Waals surface area (Å²) in [6.45, 7) is 0.861. The van der Waals surface area contributed by atoms with Crippen LogP contribution in [-0.4, -0.2) is 23.9 Å². The van der Waals surface area contributed by atoms with Crippen molar-refractivity contribution in [3.05, 3.63) is 30.7 Å². The Labute approximate surface area is 111 Å². The molecular weight excluding hydrogens is 224 g/mol. The van der Waals surface area contributed by atoms with E-state index in [4.69, 9.17) is 4.74 Å². The van der Waals surface area contributed by atoms with E-state index in [1.807, 2.05) is 18.2 Å². The summed E-state index contributed by atoms with van der Waals surface area (Å²) in [6.07, 6.45) is 18.6. The van der Waals surface area contributed by atoms with Gasteiger partial charge in [-0.1, -0.05) is 43.6 Å². The summed E-state index contributed by atoms with van der Waals surface area (Å²) in [5.41, 5.74) is 0. The molecule has 1 aliphatic heterocycles. The van der Waals surface area contributed by atoms with Crippen LogP contribution in [-0.2, 0) is 4.74 Å². The smallest absolute Gasteiger partial charge is 0.0790 e. The van der Waals surface area contributed by atoms with Gasteiger partial charge >= 0.3 is 0 Å². The molecule has 2 atom stereocenters. The maximum absolute atomic E-state index is 10.1. The number of ether oxygens (including phenoxy) is 1. The predicted molar refractivity (Wildman–Crippen MR) is 74.1 cm³/mol. The summed E-state index contributed by atoms with van der Waals surface area (Å²) in [4.78, 5) is 0. The highest BCUT2D eigenvalue weighted by atomic mass is 16.5. The van der Waals surface area contributed by atoms with Crippen molar-refractivity contribution in [2.75, 3.05) is 6.61 Å². The zero-order valence-electron chi connectivity index (χ0n) is 11.1. The maximum atomic E-state index is 10.1. The molecule has 1 saturated heterocycles. The number of hydrogen-bond donors (Lipinski definition) is 1. The summed E-state index contributed by atoms with van der Waals surface area (Å²) < 4.78 is 5.56. The van der Waals surface area contributed by atoms with Crippen LogP contribution in [0.5, 0.6) is 0 Å². The fraction of sp³-hybridized carbons (Fsp3) is 0.688. The van der Waals surface area contributed by atoms with Crippen LogP contribution in [0.4, 0.5) is 0 Å². The lowest BCUT2D eigenvalue weighted by atomic mass is 9.85. The van der Waals surface area contributed by atoms with Crippen molar-refractivity contribution >= 4 is 0 Å². The summed E-state index contributed by atoms with van der Waals surface area (Å²) in [7, 11) is 0. The first-order chi connectivity index (χ1) is 8.86. The quantitative estimate of drug-likeness (QED) is 0.774. The van der Waals surface area contributed by atoms with Crippen LogP contribution in [0.1, 0.15) is 44.9 Å². The van der Waals surface area contributed by atoms with E-state index in [-0.39, 0.29) is 12.2 Å². The molecule has 0 bridgehead atoms. The predicted octanol–water partition coefficient (Wildman–Crippen LogP) is 3.42. The Bertz CT molecular complexity index is 271. The Balaban J connectivity index is 1.70. The zero-order valence-corrected chi connectivity index (χ0v) is 11.1. The van der Waals surface area contributed by atoms with E-state index < -0.39 is 0 Å². The van der Waals surface area contributed by atoms with E-state index >= 15 is 0 Å². The lowest BCUT2D eigenvalue weighted by molar-refractivity contribution is 0.0790. The van der Waals surface area contributed by atoms with Gasteiger partial charge in [0.1, 0.15) is 0 Å². The highest BCUT2D eigenvalue weighted by Gasteiger charge is 2.19. The van der Waals surface area contributed by atoms with Crippen LogP contribution in [0, 0.1) is 12.3 Å². The molecule has 0 unspecified atom stereocenters. The van der Waals surface area contributed by atoms with Crippen molar-refractivity contribution in [2.45, 2.75) is 57.2 Å². The van der Waals surface area contributed by atoms with E-state index in [2.05, 4.69) is 12.5 Å². The van der Waals surface area contributed by atoms with Gasteiger partial charge in [0.05, 0.1) is 12.2 Å². The molecule has 101 valence electrons. The molecule has 18 heavy (non-hydrogen) atoms. The lowest BCUT2D eigenvalue weighted by Crippen LogP contribution is -2.20. The van der Waals surface area contributed by atoms with E-state index in [9.17, 15) is 5.11 Å². The molecule has 0 aromatic rings. The number of hydrogen-bond acceptors (Lipinski definition) is 2. The Morgan fingerprint density at radius 3 is 2.67 bits per heavy atom. The minimum atomic E-state index is -0.272. The molecule has 0 aromatic carbocycles. The fourth-order valence-electron chi connectivity index (χ4n) is 2.77. The van der Waals surface area contributed by atoms with Gasteiger partial charge in [0.25, 0.3) is 0 Å². The molecule has 1 saturated carbocycles. The fourth-order valence-corrected chi connectivity index (χ4v) is 2.77. The SMILES string of the molecule is O[C@@H](/C=C/C=C/[C@H]1[CH]CCCO1)C1CCCCC1. The third-order valence-electron chi connectivity index (χ3n) is 3.91. The summed E-state index contributed by atoms with van der Waals surface area (Å²) in [5.74, 6) is 0.473. The Morgan fingerprint density at radius 2 is 1.94 bits per heavy atom. The second-order valence-corrected chi connectivity index (χ2v) is 5.37. The van der Waals surface area contributed by atoms with Crippen molar-refractivity contribution in [2.24, 2.45) is 5.92 Å². The molecule has 2 nitrogen and oxygen atoms in total. The molecule has 2 heteroatoms. The Hall–Kier alpha value is -0.600. The molecule has 1 N–H and O–H groups in total. The van der Waals surface area contributed by atoms with Crippen LogP contribution < -0.4 is 0 Å². The molecule has 0 spiro atoms. The van der Waals surface area contributed by atoms with Gasteiger partial charge < -0.3 is 9.84 Å². The Kier molecular flexibility index (Phi) is 5.95. The second-order valence-electron chi connectivity index (χ2n) is 5.37. The maximum Gasteiger partial charge on any atom is 0.0790 e. The second kappa shape index (κ2) is 7.75. The van der Waals surface area contributed by atoms with Gasteiger partial charge in [-0.25, -0.2) is 0 Å². The number of allylic oxidation sites excluding steroid dienone is 2. The van der Waals surface area contributed by atoms with Crippen LogP contribution in [0.2, 0.25) is 0 Å². The zero-order chi connectivity index (χ0) is 12.6. The van der Waals surface area contributed by atoms with E-state index in [0.717, 1.165) is 19.4 Å². The van der Waals surface area contributed by atoms with Crippen molar-refractivity contribution < 1.29 is 9.84 Å². The number of aliphatic hydroxyl groups excluding tert-OH is 1. The highest BCUT2D eigenvalue weighted by molar-refractivity contribution is 5.10. The van der Waals surface area contributed by atoms with Crippen molar-refractivity contribution in [3.63, 3.8) is 0 Å². The van der Waals surface area contributed by atoms with Gasteiger partial charge in [-0.2, -0.15) is 0 Å². The third kappa shape index (κ3) is 4.58. The molecule has 0 amide bonds. The third-order valence-corrected chi connectivity index (χ3v) is 3.91. The molecule has 1 radical (unpaired) electrons. The monoisotopic (exact) mass is 249 g/mol. The average Bonchev–Trinajstić information content (AvgIpc) is 2.45. The first kappa shape index (κ1) is 13.8. The molecule has 2 rings (SSSR count). The molecule has 1 aliphatic carbocycles. The highest BCUT2D eigenvalue weighted by Crippen LogP contribution is 2.26. The minimum Gasteiger partial charge on any atom is -0.389 e. The number of rotatable bonds is 4. The summed E-state index contributed by atoms with van der Waals surface area (Å²) in [5, 5.41) is 10.1. The molecule has 2 aliphatic rings. The van der Waals surface area contributed by atoms with Crippen molar-refractivity contribution in [3.8, 4) is 0 Å². The van der Waals surface area contributed by atoms with Crippen molar-refractivity contribution in [1.82, 2.24) is 0 Å². The first-order valence-electron chi connectivity index (χ1n) is 7.34. The molecular formula is C16H25O2. The van der Waals surface area contributed by atoms with Crippen molar-refractivity contribution in [1.29, 1.82) is 0 Å². The van der Waals surface area contributed by atoms with Crippen LogP contribution in [0.3, 0.4) is 0 Å². The summed E-state index contributed by atoms with van der Waals surface area (Å²) >= 11 is 0. The van der Waals surface area contributed by atoms with E-state index in [0.29, 0.717) is 5.92 Å². The Morgan fingerprint density at radius 1 is 1.11 bits per heavy atom. The number of aliphatic hydroxyl groups is 1. The molecule has 2 fully saturated rings. The van der Waals surface area contributed by atoms with Gasteiger partial charge in [-0.15, -0.1) is 0 Å². The van der Waals surface area contributed by atoms with E-state index in [1.54, 1.807) is 0 Å². The standard InChI is InChI=1S/C16H25O2/c17-16(14-8-2-1-3-9-14)12-5-4-10-15-11-6-7-13-18-15/h4-5,10-12,14-17H,1-3,6-9,13H2/b10-4+,12-5+/t15-,16-/m0/s1. The topological polar surface area (TPSA) is 29.5 Å². The van der Waals surface area contributed by atoms with Crippen LogP contribution in [0.25, 0.3) is 0 Å². The van der Waals surface area contributed by atoms with Gasteiger partial charge in [0.15, 0.2) is 0 Å². The molecule has 0 aromatic heterocycles. The lowest BCUT2D eigenvalue weighted by Gasteiger charge is -2.24. The first-order valence-corrected chi connectivity index (χ1v) is 7.34. The minimum absolute atomic E-state index is 0.162.